The van der Waals surface area contributed by atoms with Gasteiger partial charge >= 0.3 is 7.12 Å². The van der Waals surface area contributed by atoms with Crippen molar-refractivity contribution in [2.24, 2.45) is 23.2 Å². The molecule has 1 aliphatic heterocycles. The van der Waals surface area contributed by atoms with Gasteiger partial charge in [0.25, 0.3) is 5.91 Å². The molecule has 5 rings (SSSR count). The van der Waals surface area contributed by atoms with Crippen molar-refractivity contribution in [1.82, 2.24) is 5.32 Å². The van der Waals surface area contributed by atoms with Crippen molar-refractivity contribution >= 4 is 42.0 Å². The lowest BCUT2D eigenvalue weighted by molar-refractivity contribution is -0.199. The van der Waals surface area contributed by atoms with Crippen LogP contribution >= 0.6 is 23.2 Å². The molecule has 0 radical (unpaired) electrons. The highest BCUT2D eigenvalue weighted by Crippen LogP contribution is 2.66. The van der Waals surface area contributed by atoms with Crippen LogP contribution in [-0.2, 0) is 14.1 Å². The predicted molar refractivity (Wildman–Crippen MR) is 132 cm³/mol. The van der Waals surface area contributed by atoms with Crippen LogP contribution in [0.3, 0.4) is 0 Å². The Morgan fingerprint density at radius 2 is 2.00 bits per heavy atom. The summed E-state index contributed by atoms with van der Waals surface area (Å²) in [6.45, 7) is 8.24. The Morgan fingerprint density at radius 3 is 2.67 bits per heavy atom. The van der Waals surface area contributed by atoms with Crippen LogP contribution in [0.1, 0.15) is 73.4 Å². The van der Waals surface area contributed by atoms with Gasteiger partial charge in [0.2, 0.25) is 0 Å². The molecule has 2 bridgehead atoms. The molecule has 4 fully saturated rings. The van der Waals surface area contributed by atoms with E-state index in [0.29, 0.717) is 18.3 Å². The Morgan fingerprint density at radius 1 is 1.27 bits per heavy atom. The van der Waals surface area contributed by atoms with Crippen LogP contribution in [0.15, 0.2) is 18.2 Å². The van der Waals surface area contributed by atoms with Gasteiger partial charge < -0.3 is 14.6 Å². The fourth-order valence-electron chi connectivity index (χ4n) is 6.15. The number of Topliss-reactive ketones (excluding diaryl/α,β-unsaturated/α-hetero) is 1. The predicted octanol–water partition coefficient (Wildman–Crippen LogP) is 5.83. The second kappa shape index (κ2) is 9.18. The van der Waals surface area contributed by atoms with Crippen LogP contribution in [-0.4, -0.2) is 37.0 Å². The molecule has 1 heterocycles. The normalized spacial score (nSPS) is 31.9. The van der Waals surface area contributed by atoms with E-state index in [2.05, 4.69) is 39.9 Å². The number of hydrogen-bond acceptors (Lipinski definition) is 4. The molecule has 0 unspecified atom stereocenters. The molecule has 3 aliphatic carbocycles. The fraction of sp³-hybridized carbons (Fsp3) is 0.680. The summed E-state index contributed by atoms with van der Waals surface area (Å²) in [5.41, 5.74) is -0.191. The number of nitrogens with one attached hydrogen (secondary N) is 1. The first kappa shape index (κ1) is 22.4. The van der Waals surface area contributed by atoms with Gasteiger partial charge in [0.15, 0.2) is 5.78 Å². The highest BCUT2D eigenvalue weighted by molar-refractivity contribution is 6.47. The van der Waals surface area contributed by atoms with E-state index in [-0.39, 0.29) is 45.3 Å². The fourth-order valence-corrected chi connectivity index (χ4v) is 6.53. The summed E-state index contributed by atoms with van der Waals surface area (Å²) in [6, 6.07) is 4.33. The summed E-state index contributed by atoms with van der Waals surface area (Å²) < 4.78 is 29.6. The van der Waals surface area contributed by atoms with Gasteiger partial charge in [-0.15, -0.1) is 0 Å². The molecular weight excluding hydrogens is 460 g/mol. The summed E-state index contributed by atoms with van der Waals surface area (Å²) in [6.07, 6.45) is 2.58. The van der Waals surface area contributed by atoms with E-state index in [1.165, 1.54) is 18.2 Å². The van der Waals surface area contributed by atoms with Gasteiger partial charge in [-0.2, -0.15) is 0 Å². The van der Waals surface area contributed by atoms with Gasteiger partial charge in [-0.05, 0) is 67.6 Å². The topological polar surface area (TPSA) is 64.6 Å². The summed E-state index contributed by atoms with van der Waals surface area (Å²) in [5, 5.41) is 2.60. The lowest BCUT2D eigenvalue weighted by Gasteiger charge is -2.64. The number of hydrogen-bond donors (Lipinski definition) is 1. The number of ketones is 1. The second-order valence-corrected chi connectivity index (χ2v) is 11.9. The monoisotopic (exact) mass is 495 g/mol. The Kier molecular flexibility index (Phi) is 6.23. The van der Waals surface area contributed by atoms with Gasteiger partial charge in [0, 0.05) is 17.3 Å². The first-order valence-corrected chi connectivity index (χ1v) is 12.5. The highest BCUT2D eigenvalue weighted by atomic mass is 35.5. The zero-order chi connectivity index (χ0) is 25.9. The number of halogens is 2. The molecule has 0 aromatic heterocycles. The minimum absolute atomic E-state index is 0.00985. The molecule has 4 aliphatic rings. The Bertz CT molecular complexity index is 1020. The third-order valence-electron chi connectivity index (χ3n) is 8.06. The maximum atomic E-state index is 13.1. The maximum absolute atomic E-state index is 13.1. The van der Waals surface area contributed by atoms with Crippen LogP contribution in [0.2, 0.25) is 15.9 Å². The number of rotatable bonds is 8. The number of benzene rings is 1. The zero-order valence-electron chi connectivity index (χ0n) is 21.9. The third-order valence-corrected chi connectivity index (χ3v) is 8.63. The first-order chi connectivity index (χ1) is 16.1. The van der Waals surface area contributed by atoms with Gasteiger partial charge in [0.1, 0.15) is 0 Å². The smallest absolute Gasteiger partial charge is 0.405 e. The zero-order valence-corrected chi connectivity index (χ0v) is 21.4. The molecule has 1 amide bonds. The van der Waals surface area contributed by atoms with Crippen molar-refractivity contribution in [3.8, 4) is 0 Å². The molecule has 33 heavy (non-hydrogen) atoms. The summed E-state index contributed by atoms with van der Waals surface area (Å²) in [7, 11) is -0.583. The van der Waals surface area contributed by atoms with E-state index in [9.17, 15) is 9.59 Å². The van der Waals surface area contributed by atoms with Gasteiger partial charge in [-0.3, -0.25) is 9.59 Å². The SMILES string of the molecule is [2H]C([2H])(NC(=O)c1cc(Cl)ccc1Cl)C(=O)C[C@@H](CC(C)C)B1O[C@@H]2C[C@@H]3C[C@@H](C3(C)C)[C@]2(C)O1. The van der Waals surface area contributed by atoms with E-state index < -0.39 is 30.9 Å². The molecule has 1 aromatic carbocycles. The molecule has 5 atom stereocenters. The number of amides is 1. The molecule has 5 nitrogen and oxygen atoms in total. The highest BCUT2D eigenvalue weighted by Gasteiger charge is 2.68. The lowest BCUT2D eigenvalue weighted by Crippen LogP contribution is -2.65. The largest absolute Gasteiger partial charge is 0.461 e. The summed E-state index contributed by atoms with van der Waals surface area (Å²) >= 11 is 12.0. The Labute approximate surface area is 210 Å². The second-order valence-electron chi connectivity index (χ2n) is 11.1. The lowest BCUT2D eigenvalue weighted by atomic mass is 9.43. The molecule has 1 N–H and O–H groups in total. The van der Waals surface area contributed by atoms with Crippen LogP contribution in [0.5, 0.6) is 0 Å². The van der Waals surface area contributed by atoms with Gasteiger partial charge in [-0.1, -0.05) is 50.9 Å². The summed E-state index contributed by atoms with van der Waals surface area (Å²) in [4.78, 5) is 25.8. The Hall–Kier alpha value is -1.08. The van der Waals surface area contributed by atoms with Crippen molar-refractivity contribution < 1.29 is 21.6 Å². The van der Waals surface area contributed by atoms with Crippen molar-refractivity contribution in [2.45, 2.75) is 77.8 Å². The van der Waals surface area contributed by atoms with E-state index in [4.69, 9.17) is 35.3 Å². The van der Waals surface area contributed by atoms with E-state index in [1.54, 1.807) is 0 Å². The van der Waals surface area contributed by atoms with E-state index in [0.717, 1.165) is 12.8 Å². The molecule has 3 saturated carbocycles. The maximum Gasteiger partial charge on any atom is 0.461 e. The van der Waals surface area contributed by atoms with Crippen LogP contribution in [0, 0.1) is 23.2 Å². The Balaban J connectivity index is 1.47. The van der Waals surface area contributed by atoms with Gasteiger partial charge in [0.05, 0.1) is 31.5 Å². The minimum Gasteiger partial charge on any atom is -0.405 e. The standard InChI is InChI=1S/C25H34BCl2NO4/c1-14(2)8-16(11-18(30)13-29-23(31)19-12-17(27)6-7-20(19)28)26-32-22-10-15-9-21(24(15,3)4)25(22,5)33-26/h6-7,12,14-16,21-22H,8-11,13H2,1-5H3,(H,29,31)/t15-,16+,21-,22+,25-/m0/s1/i13D2. The molecule has 1 aromatic rings. The average Bonchev–Trinajstić information content (AvgIpc) is 3.11. The van der Waals surface area contributed by atoms with E-state index in [1.807, 2.05) is 0 Å². The van der Waals surface area contributed by atoms with Crippen molar-refractivity contribution in [3.63, 3.8) is 0 Å². The minimum atomic E-state index is -2.59. The molecule has 180 valence electrons. The van der Waals surface area contributed by atoms with Crippen molar-refractivity contribution in [2.75, 3.05) is 6.50 Å². The third kappa shape index (κ3) is 4.73. The molecule has 8 heteroatoms. The first-order valence-electron chi connectivity index (χ1n) is 12.8. The van der Waals surface area contributed by atoms with Crippen molar-refractivity contribution in [1.29, 1.82) is 0 Å². The van der Waals surface area contributed by atoms with E-state index >= 15 is 0 Å². The number of carbonyl (C=O) groups excluding carboxylic acids is 2. The molecule has 0 spiro atoms. The van der Waals surface area contributed by atoms with Crippen LogP contribution in [0.4, 0.5) is 0 Å². The van der Waals surface area contributed by atoms with Crippen LogP contribution in [0.25, 0.3) is 0 Å². The molecular formula is C25H34BCl2NO4. The number of carbonyl (C=O) groups is 2. The summed E-state index contributed by atoms with van der Waals surface area (Å²) in [5.74, 6) is -0.594. The average molecular weight is 496 g/mol. The molecule has 1 saturated heterocycles. The quantitative estimate of drug-likeness (QED) is 0.461. The van der Waals surface area contributed by atoms with Gasteiger partial charge in [-0.25, -0.2) is 0 Å². The van der Waals surface area contributed by atoms with Crippen molar-refractivity contribution in [3.05, 3.63) is 33.8 Å². The van der Waals surface area contributed by atoms with Crippen LogP contribution < -0.4 is 5.32 Å².